The molecule has 2 bridgehead atoms. The third-order valence-electron chi connectivity index (χ3n) is 8.88. The van der Waals surface area contributed by atoms with Gasteiger partial charge in [-0.3, -0.25) is 9.47 Å². The Labute approximate surface area is 222 Å². The number of nitrogens with zero attached hydrogens (tertiary/aromatic N) is 7. The van der Waals surface area contributed by atoms with Gasteiger partial charge in [-0.2, -0.15) is 13.2 Å². The van der Waals surface area contributed by atoms with Gasteiger partial charge < -0.3 is 9.80 Å². The summed E-state index contributed by atoms with van der Waals surface area (Å²) in [4.78, 5) is 10.7. The van der Waals surface area contributed by atoms with Gasteiger partial charge in [0.25, 0.3) is 0 Å². The average Bonchev–Trinajstić information content (AvgIpc) is 3.14. The fourth-order valence-electron chi connectivity index (χ4n) is 6.73. The number of halogens is 5. The lowest BCUT2D eigenvalue weighted by Crippen LogP contribution is -2.78. The maximum absolute atomic E-state index is 13.7. The Morgan fingerprint density at radius 3 is 2.34 bits per heavy atom. The summed E-state index contributed by atoms with van der Waals surface area (Å²) in [6.07, 6.45) is -2.48. The lowest BCUT2D eigenvalue weighted by Gasteiger charge is -2.73. The first-order chi connectivity index (χ1) is 18.1. The molecule has 38 heavy (non-hydrogen) atoms. The molecule has 1 aromatic carbocycles. The van der Waals surface area contributed by atoms with Crippen LogP contribution in [0.5, 0.6) is 0 Å². The molecule has 0 radical (unpaired) electrons. The Morgan fingerprint density at radius 2 is 1.66 bits per heavy atom. The summed E-state index contributed by atoms with van der Waals surface area (Å²) in [7, 11) is 0. The Kier molecular flexibility index (Phi) is 5.11. The summed E-state index contributed by atoms with van der Waals surface area (Å²) in [5.41, 5.74) is 0.440. The fraction of sp³-hybridized carbons (Fsp3) is 0.500. The van der Waals surface area contributed by atoms with Gasteiger partial charge in [-0.15, -0.1) is 10.2 Å². The molecule has 1 saturated heterocycles. The average molecular weight is 548 g/mol. The van der Waals surface area contributed by atoms with Gasteiger partial charge in [-0.25, -0.2) is 9.37 Å². The van der Waals surface area contributed by atoms with Crippen molar-refractivity contribution in [3.05, 3.63) is 58.3 Å². The number of fused-ring (bicyclic) bond motifs is 3. The second kappa shape index (κ2) is 8.05. The molecule has 2 aromatic heterocycles. The number of hydrogen-bond acceptors (Lipinski definition) is 6. The minimum atomic E-state index is -4.15. The molecule has 3 saturated carbocycles. The number of piperazine rings is 1. The molecule has 0 atom stereocenters. The maximum atomic E-state index is 13.7. The van der Waals surface area contributed by atoms with Gasteiger partial charge in [0.2, 0.25) is 5.95 Å². The molecular weight excluding hydrogens is 522 g/mol. The van der Waals surface area contributed by atoms with Crippen molar-refractivity contribution in [2.75, 3.05) is 36.0 Å². The van der Waals surface area contributed by atoms with Crippen molar-refractivity contribution >= 4 is 23.4 Å². The zero-order valence-electron chi connectivity index (χ0n) is 20.8. The first-order valence-electron chi connectivity index (χ1n) is 12.7. The molecule has 2 aliphatic heterocycles. The number of pyridine rings is 1. The molecule has 0 unspecified atom stereocenters. The Morgan fingerprint density at radius 1 is 0.947 bits per heavy atom. The molecule has 3 aromatic rings. The zero-order valence-corrected chi connectivity index (χ0v) is 21.5. The summed E-state index contributed by atoms with van der Waals surface area (Å²) >= 11 is 6.36. The number of aryl methyl sites for hydroxylation is 1. The van der Waals surface area contributed by atoms with E-state index in [0.717, 1.165) is 17.1 Å². The van der Waals surface area contributed by atoms with Crippen LogP contribution in [-0.4, -0.2) is 62.5 Å². The molecule has 8 rings (SSSR count). The molecule has 200 valence electrons. The van der Waals surface area contributed by atoms with Crippen LogP contribution in [0.2, 0.25) is 5.02 Å². The smallest absolute Gasteiger partial charge is 0.353 e. The van der Waals surface area contributed by atoms with Crippen molar-refractivity contribution < 1.29 is 17.6 Å². The van der Waals surface area contributed by atoms with Gasteiger partial charge in [0.05, 0.1) is 23.8 Å². The predicted molar refractivity (Wildman–Crippen MR) is 134 cm³/mol. The summed E-state index contributed by atoms with van der Waals surface area (Å²) < 4.78 is 56.4. The van der Waals surface area contributed by atoms with Crippen molar-refractivity contribution in [1.29, 1.82) is 0 Å². The first kappa shape index (κ1) is 24.1. The van der Waals surface area contributed by atoms with Gasteiger partial charge in [-0.1, -0.05) is 11.6 Å². The van der Waals surface area contributed by atoms with Crippen LogP contribution in [0, 0.1) is 18.2 Å². The molecule has 4 heterocycles. The summed E-state index contributed by atoms with van der Waals surface area (Å²) in [6.45, 7) is 5.36. The van der Waals surface area contributed by atoms with Crippen molar-refractivity contribution in [2.45, 2.75) is 51.0 Å². The van der Waals surface area contributed by atoms with Gasteiger partial charge in [0.15, 0.2) is 5.82 Å². The van der Waals surface area contributed by atoms with Crippen molar-refractivity contribution in [1.82, 2.24) is 24.6 Å². The topological polar surface area (TPSA) is 53.3 Å². The van der Waals surface area contributed by atoms with Crippen LogP contribution in [0.15, 0.2) is 30.5 Å². The molecule has 0 amide bonds. The van der Waals surface area contributed by atoms with E-state index in [9.17, 15) is 17.6 Å². The largest absolute Gasteiger partial charge is 0.394 e. The van der Waals surface area contributed by atoms with Crippen LogP contribution in [0.3, 0.4) is 0 Å². The standard InChI is InChI=1S/C26H26ClF4N7/c1-16-8-21(32-10-19(16)28)35-4-6-36(7-5-35)23-34-33-22-12-37(25-13-24(14-25,15-25)26(29,30)31)11-17-9-18(27)2-3-20(17)38(22)23/h2-3,8-10H,4-7,11-15H2,1H3. The third kappa shape index (κ3) is 3.47. The summed E-state index contributed by atoms with van der Waals surface area (Å²) in [6, 6.07) is 7.42. The lowest BCUT2D eigenvalue weighted by molar-refractivity contribution is -0.364. The molecule has 0 spiro atoms. The number of hydrogen-bond donors (Lipinski definition) is 0. The Balaban J connectivity index is 1.17. The van der Waals surface area contributed by atoms with Gasteiger partial charge in [0.1, 0.15) is 11.6 Å². The molecule has 4 fully saturated rings. The van der Waals surface area contributed by atoms with E-state index in [1.54, 1.807) is 13.0 Å². The third-order valence-corrected chi connectivity index (χ3v) is 9.12. The van der Waals surface area contributed by atoms with Crippen LogP contribution in [0.1, 0.15) is 36.2 Å². The van der Waals surface area contributed by atoms with E-state index in [1.165, 1.54) is 6.20 Å². The van der Waals surface area contributed by atoms with Crippen LogP contribution in [0.25, 0.3) is 5.69 Å². The molecule has 3 aliphatic carbocycles. The van der Waals surface area contributed by atoms with Crippen LogP contribution in [-0.2, 0) is 13.1 Å². The number of anilines is 2. The Bertz CT molecular complexity index is 1410. The molecular formula is C26H26ClF4N7. The molecule has 12 heteroatoms. The highest BCUT2D eigenvalue weighted by atomic mass is 35.5. The van der Waals surface area contributed by atoms with Crippen LogP contribution in [0.4, 0.5) is 29.3 Å². The molecule has 5 aliphatic rings. The monoisotopic (exact) mass is 547 g/mol. The van der Waals surface area contributed by atoms with Gasteiger partial charge in [0, 0.05) is 43.3 Å². The Hall–Kier alpha value is -2.92. The van der Waals surface area contributed by atoms with E-state index in [2.05, 4.69) is 29.9 Å². The molecule has 7 nitrogen and oxygen atoms in total. The highest BCUT2D eigenvalue weighted by Gasteiger charge is 2.79. The summed E-state index contributed by atoms with van der Waals surface area (Å²) in [5, 5.41) is 9.66. The quantitative estimate of drug-likeness (QED) is 0.435. The van der Waals surface area contributed by atoms with Crippen LogP contribution >= 0.6 is 11.6 Å². The van der Waals surface area contributed by atoms with E-state index in [-0.39, 0.29) is 25.1 Å². The minimum Gasteiger partial charge on any atom is -0.353 e. The van der Waals surface area contributed by atoms with Crippen molar-refractivity contribution in [3.8, 4) is 5.69 Å². The fourth-order valence-corrected chi connectivity index (χ4v) is 6.93. The van der Waals surface area contributed by atoms with Gasteiger partial charge in [-0.05, 0) is 61.6 Å². The van der Waals surface area contributed by atoms with E-state index >= 15 is 0 Å². The normalized spacial score (nSPS) is 26.8. The number of benzene rings is 1. The van der Waals surface area contributed by atoms with Crippen molar-refractivity contribution in [3.63, 3.8) is 0 Å². The van der Waals surface area contributed by atoms with Gasteiger partial charge >= 0.3 is 6.18 Å². The predicted octanol–water partition coefficient (Wildman–Crippen LogP) is 4.89. The lowest BCUT2D eigenvalue weighted by atomic mass is 9.38. The van der Waals surface area contributed by atoms with E-state index in [0.29, 0.717) is 61.6 Å². The summed E-state index contributed by atoms with van der Waals surface area (Å²) in [5.74, 6) is 1.84. The molecule has 0 N–H and O–H groups in total. The first-order valence-corrected chi connectivity index (χ1v) is 13.1. The highest BCUT2D eigenvalue weighted by molar-refractivity contribution is 6.30. The second-order valence-corrected chi connectivity index (χ2v) is 11.6. The van der Waals surface area contributed by atoms with Crippen LogP contribution < -0.4 is 9.80 Å². The zero-order chi connectivity index (χ0) is 26.4. The highest BCUT2D eigenvalue weighted by Crippen LogP contribution is 2.75. The van der Waals surface area contributed by atoms with E-state index in [4.69, 9.17) is 11.6 Å². The van der Waals surface area contributed by atoms with E-state index < -0.39 is 17.1 Å². The SMILES string of the molecule is Cc1cc(N2CCN(c3nnc4n3-c3ccc(Cl)cc3CN(C35CC(C(F)(F)F)(C3)C5)C4)CC2)ncc1F. The maximum Gasteiger partial charge on any atom is 0.394 e. The number of alkyl halides is 3. The minimum absolute atomic E-state index is 0.138. The van der Waals surface area contributed by atoms with Crippen molar-refractivity contribution in [2.24, 2.45) is 5.41 Å². The number of rotatable bonds is 3. The van der Waals surface area contributed by atoms with E-state index in [1.807, 2.05) is 22.8 Å². The number of aromatic nitrogens is 4. The second-order valence-electron chi connectivity index (χ2n) is 11.2.